The molecular formula is C14H24O4. The summed E-state index contributed by atoms with van der Waals surface area (Å²) in [6.45, 7) is 2.26. The van der Waals surface area contributed by atoms with E-state index in [0.29, 0.717) is 25.9 Å². The molecule has 0 amide bonds. The molecule has 0 aromatic carbocycles. The predicted molar refractivity (Wildman–Crippen MR) is 68.1 cm³/mol. The van der Waals surface area contributed by atoms with Gasteiger partial charge in [0.15, 0.2) is 0 Å². The SMILES string of the molecule is CCOC(=O)CCCCCC[C@@H]1C[C@@H](O)CC1=O. The topological polar surface area (TPSA) is 63.6 Å². The van der Waals surface area contributed by atoms with Crippen LogP contribution in [-0.2, 0) is 14.3 Å². The number of ether oxygens (including phenoxy) is 1. The van der Waals surface area contributed by atoms with Crippen LogP contribution in [0.3, 0.4) is 0 Å². The first-order valence-electron chi connectivity index (χ1n) is 7.00. The molecule has 0 spiro atoms. The van der Waals surface area contributed by atoms with Crippen molar-refractivity contribution in [2.45, 2.75) is 64.4 Å². The highest BCUT2D eigenvalue weighted by Crippen LogP contribution is 2.26. The van der Waals surface area contributed by atoms with E-state index in [4.69, 9.17) is 4.74 Å². The summed E-state index contributed by atoms with van der Waals surface area (Å²) in [5.74, 6) is 0.172. The van der Waals surface area contributed by atoms with Gasteiger partial charge < -0.3 is 9.84 Å². The van der Waals surface area contributed by atoms with Crippen LogP contribution in [0.2, 0.25) is 0 Å². The number of aliphatic hydroxyl groups excluding tert-OH is 1. The zero-order valence-electron chi connectivity index (χ0n) is 11.2. The highest BCUT2D eigenvalue weighted by atomic mass is 16.5. The van der Waals surface area contributed by atoms with Crippen LogP contribution in [0.5, 0.6) is 0 Å². The molecule has 0 bridgehead atoms. The van der Waals surface area contributed by atoms with Crippen molar-refractivity contribution in [3.05, 3.63) is 0 Å². The Morgan fingerprint density at radius 2 is 2.06 bits per heavy atom. The average molecular weight is 256 g/mol. The second-order valence-electron chi connectivity index (χ2n) is 5.01. The first-order valence-corrected chi connectivity index (χ1v) is 7.00. The molecule has 4 heteroatoms. The van der Waals surface area contributed by atoms with Gasteiger partial charge in [-0.15, -0.1) is 0 Å². The molecule has 0 aliphatic heterocycles. The monoisotopic (exact) mass is 256 g/mol. The number of esters is 1. The van der Waals surface area contributed by atoms with Crippen molar-refractivity contribution >= 4 is 11.8 Å². The molecule has 0 saturated heterocycles. The largest absolute Gasteiger partial charge is 0.466 e. The summed E-state index contributed by atoms with van der Waals surface area (Å²) < 4.78 is 4.84. The fourth-order valence-corrected chi connectivity index (χ4v) is 2.47. The van der Waals surface area contributed by atoms with Gasteiger partial charge in [-0.2, -0.15) is 0 Å². The molecule has 0 aromatic rings. The third kappa shape index (κ3) is 5.63. The van der Waals surface area contributed by atoms with Gasteiger partial charge in [-0.3, -0.25) is 9.59 Å². The van der Waals surface area contributed by atoms with Gasteiger partial charge in [0.05, 0.1) is 12.7 Å². The number of ketones is 1. The molecule has 18 heavy (non-hydrogen) atoms. The average Bonchev–Trinajstić information content (AvgIpc) is 2.62. The lowest BCUT2D eigenvalue weighted by molar-refractivity contribution is -0.143. The number of unbranched alkanes of at least 4 members (excludes halogenated alkanes) is 3. The lowest BCUT2D eigenvalue weighted by atomic mass is 9.98. The van der Waals surface area contributed by atoms with Crippen molar-refractivity contribution in [1.82, 2.24) is 0 Å². The first kappa shape index (κ1) is 15.2. The summed E-state index contributed by atoms with van der Waals surface area (Å²) in [6.07, 6.45) is 5.86. The van der Waals surface area contributed by atoms with Crippen LogP contribution in [-0.4, -0.2) is 29.6 Å². The Morgan fingerprint density at radius 3 is 2.67 bits per heavy atom. The number of rotatable bonds is 8. The minimum Gasteiger partial charge on any atom is -0.466 e. The normalized spacial score (nSPS) is 23.3. The van der Waals surface area contributed by atoms with Gasteiger partial charge in [-0.25, -0.2) is 0 Å². The maximum Gasteiger partial charge on any atom is 0.305 e. The number of carbonyl (C=O) groups is 2. The van der Waals surface area contributed by atoms with Gasteiger partial charge in [0, 0.05) is 18.8 Å². The molecule has 2 atom stereocenters. The molecule has 1 N–H and O–H groups in total. The molecule has 1 aliphatic carbocycles. The van der Waals surface area contributed by atoms with Gasteiger partial charge in [0.25, 0.3) is 0 Å². The summed E-state index contributed by atoms with van der Waals surface area (Å²) >= 11 is 0. The number of aliphatic hydroxyl groups is 1. The van der Waals surface area contributed by atoms with Gasteiger partial charge in [-0.1, -0.05) is 19.3 Å². The molecule has 0 aromatic heterocycles. The highest BCUT2D eigenvalue weighted by Gasteiger charge is 2.30. The third-order valence-corrected chi connectivity index (χ3v) is 3.44. The summed E-state index contributed by atoms with van der Waals surface area (Å²) in [4.78, 5) is 22.5. The zero-order chi connectivity index (χ0) is 13.4. The molecule has 1 aliphatic rings. The van der Waals surface area contributed by atoms with Crippen LogP contribution in [0.25, 0.3) is 0 Å². The Hall–Kier alpha value is -0.900. The second-order valence-corrected chi connectivity index (χ2v) is 5.01. The molecule has 1 rings (SSSR count). The maximum absolute atomic E-state index is 11.4. The van der Waals surface area contributed by atoms with E-state index in [0.717, 1.165) is 32.1 Å². The lowest BCUT2D eigenvalue weighted by Gasteiger charge is -2.07. The van der Waals surface area contributed by atoms with Crippen molar-refractivity contribution in [3.8, 4) is 0 Å². The number of Topliss-reactive ketones (excluding diaryl/α,β-unsaturated/α-hetero) is 1. The van der Waals surface area contributed by atoms with Crippen LogP contribution >= 0.6 is 0 Å². The molecule has 0 unspecified atom stereocenters. The van der Waals surface area contributed by atoms with Crippen LogP contribution in [0.1, 0.15) is 58.3 Å². The summed E-state index contributed by atoms with van der Waals surface area (Å²) in [6, 6.07) is 0. The Labute approximate surface area is 109 Å². The Kier molecular flexibility index (Phi) is 6.94. The van der Waals surface area contributed by atoms with Crippen LogP contribution < -0.4 is 0 Å². The van der Waals surface area contributed by atoms with E-state index in [1.807, 2.05) is 6.92 Å². The smallest absolute Gasteiger partial charge is 0.305 e. The van der Waals surface area contributed by atoms with E-state index in [2.05, 4.69) is 0 Å². The van der Waals surface area contributed by atoms with E-state index >= 15 is 0 Å². The Bertz CT molecular complexity index is 275. The van der Waals surface area contributed by atoms with Crippen molar-refractivity contribution in [2.75, 3.05) is 6.61 Å². The molecule has 4 nitrogen and oxygen atoms in total. The van der Waals surface area contributed by atoms with Crippen molar-refractivity contribution in [1.29, 1.82) is 0 Å². The maximum atomic E-state index is 11.4. The van der Waals surface area contributed by atoms with Gasteiger partial charge in [0.2, 0.25) is 0 Å². The Balaban J connectivity index is 1.96. The predicted octanol–water partition coefficient (Wildman–Crippen LogP) is 2.23. The van der Waals surface area contributed by atoms with E-state index in [1.54, 1.807) is 0 Å². The number of hydrogen-bond donors (Lipinski definition) is 1. The van der Waals surface area contributed by atoms with E-state index in [9.17, 15) is 14.7 Å². The van der Waals surface area contributed by atoms with Crippen molar-refractivity contribution < 1.29 is 19.4 Å². The molecule has 1 fully saturated rings. The zero-order valence-corrected chi connectivity index (χ0v) is 11.2. The number of hydrogen-bond acceptors (Lipinski definition) is 4. The van der Waals surface area contributed by atoms with Crippen LogP contribution in [0.4, 0.5) is 0 Å². The minimum atomic E-state index is -0.411. The number of carbonyl (C=O) groups excluding carboxylic acids is 2. The Morgan fingerprint density at radius 1 is 1.33 bits per heavy atom. The van der Waals surface area contributed by atoms with E-state index in [1.165, 1.54) is 0 Å². The minimum absolute atomic E-state index is 0.0741. The molecular weight excluding hydrogens is 232 g/mol. The van der Waals surface area contributed by atoms with Gasteiger partial charge in [-0.05, 0) is 26.2 Å². The quantitative estimate of drug-likeness (QED) is 0.534. The summed E-state index contributed by atoms with van der Waals surface area (Å²) in [5, 5.41) is 9.35. The van der Waals surface area contributed by atoms with E-state index in [-0.39, 0.29) is 17.7 Å². The summed E-state index contributed by atoms with van der Waals surface area (Å²) in [7, 11) is 0. The van der Waals surface area contributed by atoms with Gasteiger partial charge in [0.1, 0.15) is 5.78 Å². The fourth-order valence-electron chi connectivity index (χ4n) is 2.47. The first-order chi connectivity index (χ1) is 8.63. The molecule has 0 heterocycles. The fraction of sp³-hybridized carbons (Fsp3) is 0.857. The second kappa shape index (κ2) is 8.25. The van der Waals surface area contributed by atoms with Crippen LogP contribution in [0.15, 0.2) is 0 Å². The standard InChI is InChI=1S/C14H24O4/c1-2-18-14(17)8-6-4-3-5-7-11-9-12(15)10-13(11)16/h11-12,15H,2-10H2,1H3/t11-,12-/m1/s1. The molecule has 104 valence electrons. The van der Waals surface area contributed by atoms with Crippen molar-refractivity contribution in [2.24, 2.45) is 5.92 Å². The molecule has 0 radical (unpaired) electrons. The molecule has 1 saturated carbocycles. The van der Waals surface area contributed by atoms with E-state index < -0.39 is 6.10 Å². The van der Waals surface area contributed by atoms with Crippen LogP contribution in [0, 0.1) is 5.92 Å². The third-order valence-electron chi connectivity index (χ3n) is 3.44. The van der Waals surface area contributed by atoms with Gasteiger partial charge >= 0.3 is 5.97 Å². The highest BCUT2D eigenvalue weighted by molar-refractivity contribution is 5.83. The lowest BCUT2D eigenvalue weighted by Crippen LogP contribution is -2.06. The summed E-state index contributed by atoms with van der Waals surface area (Å²) in [5.41, 5.74) is 0. The van der Waals surface area contributed by atoms with Crippen molar-refractivity contribution in [3.63, 3.8) is 0 Å².